The molecule has 1 aliphatic rings. The Labute approximate surface area is 110 Å². The maximum atomic E-state index is 6.09. The topological polar surface area (TPSA) is 48.1 Å². The van der Waals surface area contributed by atoms with E-state index in [0.29, 0.717) is 23.5 Å². The van der Waals surface area contributed by atoms with E-state index in [1.54, 1.807) is 6.07 Å². The fourth-order valence-electron chi connectivity index (χ4n) is 2.90. The number of hydrogen-bond donors (Lipinski definition) is 1. The van der Waals surface area contributed by atoms with Gasteiger partial charge in [0.25, 0.3) is 0 Å². The molecule has 3 atom stereocenters. The maximum absolute atomic E-state index is 6.09. The van der Waals surface area contributed by atoms with Crippen LogP contribution in [0.25, 0.3) is 0 Å². The molecule has 0 amide bonds. The highest BCUT2D eigenvalue weighted by molar-refractivity contribution is 5.31. The van der Waals surface area contributed by atoms with Crippen LogP contribution >= 0.6 is 0 Å². The molecule has 0 radical (unpaired) electrons. The molecule has 0 bridgehead atoms. The van der Waals surface area contributed by atoms with Crippen molar-refractivity contribution in [2.24, 2.45) is 17.8 Å². The van der Waals surface area contributed by atoms with Crippen molar-refractivity contribution in [2.45, 2.75) is 46.1 Å². The fraction of sp³-hybridized carbons (Fsp3) is 0.667. The van der Waals surface area contributed by atoms with E-state index in [1.807, 2.05) is 12.1 Å². The first kappa shape index (κ1) is 13.2. The van der Waals surface area contributed by atoms with Crippen LogP contribution in [0.3, 0.4) is 0 Å². The van der Waals surface area contributed by atoms with E-state index in [1.165, 1.54) is 12.8 Å². The standard InChI is InChI=1S/C15H24N2O/c1-10(2)12-8-7-11(3)9-13(12)18-15-6-4-5-14(16)17-15/h4-6,10-13H,7-9H2,1-3H3,(H2,16,17). The van der Waals surface area contributed by atoms with E-state index in [0.717, 1.165) is 12.3 Å². The summed E-state index contributed by atoms with van der Waals surface area (Å²) in [4.78, 5) is 4.24. The summed E-state index contributed by atoms with van der Waals surface area (Å²) in [5.74, 6) is 3.22. The zero-order valence-electron chi connectivity index (χ0n) is 11.6. The molecule has 1 fully saturated rings. The number of nitrogens with zero attached hydrogens (tertiary/aromatic N) is 1. The third-order valence-electron chi connectivity index (χ3n) is 3.98. The Morgan fingerprint density at radius 2 is 2.11 bits per heavy atom. The molecule has 18 heavy (non-hydrogen) atoms. The lowest BCUT2D eigenvalue weighted by Gasteiger charge is -2.37. The number of aromatic nitrogens is 1. The van der Waals surface area contributed by atoms with Crippen molar-refractivity contribution in [1.82, 2.24) is 4.98 Å². The minimum Gasteiger partial charge on any atom is -0.474 e. The Balaban J connectivity index is 2.08. The van der Waals surface area contributed by atoms with Crippen molar-refractivity contribution in [1.29, 1.82) is 0 Å². The van der Waals surface area contributed by atoms with Crippen molar-refractivity contribution >= 4 is 5.82 Å². The number of nitrogens with two attached hydrogens (primary N) is 1. The van der Waals surface area contributed by atoms with Crippen LogP contribution in [0.2, 0.25) is 0 Å². The number of rotatable bonds is 3. The van der Waals surface area contributed by atoms with Gasteiger partial charge in [-0.15, -0.1) is 0 Å². The van der Waals surface area contributed by atoms with E-state index in [4.69, 9.17) is 10.5 Å². The largest absolute Gasteiger partial charge is 0.474 e. The number of hydrogen-bond acceptors (Lipinski definition) is 3. The highest BCUT2D eigenvalue weighted by Gasteiger charge is 2.32. The fourth-order valence-corrected chi connectivity index (χ4v) is 2.90. The summed E-state index contributed by atoms with van der Waals surface area (Å²) in [6.07, 6.45) is 3.97. The average Bonchev–Trinajstić information content (AvgIpc) is 2.28. The molecule has 3 heteroatoms. The first-order valence-corrected chi connectivity index (χ1v) is 6.95. The molecule has 1 heterocycles. The van der Waals surface area contributed by atoms with Crippen LogP contribution in [-0.4, -0.2) is 11.1 Å². The monoisotopic (exact) mass is 248 g/mol. The van der Waals surface area contributed by atoms with Crippen LogP contribution in [0.1, 0.15) is 40.0 Å². The van der Waals surface area contributed by atoms with Gasteiger partial charge in [0.2, 0.25) is 5.88 Å². The molecule has 1 aromatic rings. The molecule has 3 unspecified atom stereocenters. The minimum atomic E-state index is 0.281. The van der Waals surface area contributed by atoms with Gasteiger partial charge in [-0.05, 0) is 36.7 Å². The third-order valence-corrected chi connectivity index (χ3v) is 3.98. The van der Waals surface area contributed by atoms with Crippen LogP contribution in [0.15, 0.2) is 18.2 Å². The Morgan fingerprint density at radius 3 is 2.78 bits per heavy atom. The van der Waals surface area contributed by atoms with Crippen molar-refractivity contribution < 1.29 is 4.74 Å². The predicted octanol–water partition coefficient (Wildman–Crippen LogP) is 3.50. The average molecular weight is 248 g/mol. The summed E-state index contributed by atoms with van der Waals surface area (Å²) in [5.41, 5.74) is 5.69. The van der Waals surface area contributed by atoms with Gasteiger partial charge in [0.15, 0.2) is 0 Å². The molecular weight excluding hydrogens is 224 g/mol. The second kappa shape index (κ2) is 5.59. The van der Waals surface area contributed by atoms with E-state index < -0.39 is 0 Å². The van der Waals surface area contributed by atoms with Crippen LogP contribution in [-0.2, 0) is 0 Å². The molecule has 100 valence electrons. The van der Waals surface area contributed by atoms with E-state index in [9.17, 15) is 0 Å². The molecule has 1 saturated carbocycles. The second-order valence-electron chi connectivity index (χ2n) is 5.88. The van der Waals surface area contributed by atoms with Gasteiger partial charge in [0.1, 0.15) is 11.9 Å². The molecule has 0 aromatic carbocycles. The van der Waals surface area contributed by atoms with Gasteiger partial charge in [-0.3, -0.25) is 0 Å². The van der Waals surface area contributed by atoms with Crippen LogP contribution < -0.4 is 10.5 Å². The zero-order chi connectivity index (χ0) is 13.1. The molecular formula is C15H24N2O. The molecule has 1 aromatic heterocycles. The summed E-state index contributed by atoms with van der Waals surface area (Å²) in [5, 5.41) is 0. The van der Waals surface area contributed by atoms with Gasteiger partial charge in [-0.1, -0.05) is 33.3 Å². The highest BCUT2D eigenvalue weighted by atomic mass is 16.5. The van der Waals surface area contributed by atoms with Gasteiger partial charge in [-0.2, -0.15) is 4.98 Å². The Morgan fingerprint density at radius 1 is 1.33 bits per heavy atom. The molecule has 3 nitrogen and oxygen atoms in total. The Kier molecular flexibility index (Phi) is 4.10. The van der Waals surface area contributed by atoms with Gasteiger partial charge in [0.05, 0.1) is 0 Å². The maximum Gasteiger partial charge on any atom is 0.215 e. The van der Waals surface area contributed by atoms with Gasteiger partial charge in [0, 0.05) is 6.07 Å². The van der Waals surface area contributed by atoms with Gasteiger partial charge in [-0.25, -0.2) is 0 Å². The van der Waals surface area contributed by atoms with E-state index in [2.05, 4.69) is 25.8 Å². The highest BCUT2D eigenvalue weighted by Crippen LogP contribution is 2.35. The zero-order valence-corrected chi connectivity index (χ0v) is 11.6. The van der Waals surface area contributed by atoms with Crippen molar-refractivity contribution in [3.63, 3.8) is 0 Å². The molecule has 0 aliphatic heterocycles. The van der Waals surface area contributed by atoms with E-state index in [-0.39, 0.29) is 6.10 Å². The lowest BCUT2D eigenvalue weighted by molar-refractivity contribution is 0.0428. The van der Waals surface area contributed by atoms with Gasteiger partial charge < -0.3 is 10.5 Å². The summed E-state index contributed by atoms with van der Waals surface area (Å²) in [6, 6.07) is 5.58. The second-order valence-corrected chi connectivity index (χ2v) is 5.88. The molecule has 2 rings (SSSR count). The summed E-state index contributed by atoms with van der Waals surface area (Å²) in [7, 11) is 0. The minimum absolute atomic E-state index is 0.281. The van der Waals surface area contributed by atoms with Crippen molar-refractivity contribution in [3.8, 4) is 5.88 Å². The lowest BCUT2D eigenvalue weighted by atomic mass is 9.75. The van der Waals surface area contributed by atoms with Gasteiger partial charge >= 0.3 is 0 Å². The third kappa shape index (κ3) is 3.15. The molecule has 2 N–H and O–H groups in total. The van der Waals surface area contributed by atoms with Crippen LogP contribution in [0.4, 0.5) is 5.82 Å². The smallest absolute Gasteiger partial charge is 0.215 e. The molecule has 0 saturated heterocycles. The predicted molar refractivity (Wildman–Crippen MR) is 74.4 cm³/mol. The summed E-state index contributed by atoms with van der Waals surface area (Å²) in [6.45, 7) is 6.87. The Hall–Kier alpha value is -1.25. The quantitative estimate of drug-likeness (QED) is 0.890. The number of anilines is 1. The number of pyridine rings is 1. The first-order chi connectivity index (χ1) is 8.56. The first-order valence-electron chi connectivity index (χ1n) is 6.95. The summed E-state index contributed by atoms with van der Waals surface area (Å²) >= 11 is 0. The van der Waals surface area contributed by atoms with Crippen LogP contribution in [0.5, 0.6) is 5.88 Å². The number of ether oxygens (including phenoxy) is 1. The summed E-state index contributed by atoms with van der Waals surface area (Å²) < 4.78 is 6.09. The normalized spacial score (nSPS) is 28.3. The Bertz CT molecular complexity index is 392. The molecule has 0 spiro atoms. The number of nitrogen functional groups attached to an aromatic ring is 1. The van der Waals surface area contributed by atoms with E-state index >= 15 is 0 Å². The van der Waals surface area contributed by atoms with Crippen molar-refractivity contribution in [2.75, 3.05) is 5.73 Å². The van der Waals surface area contributed by atoms with Crippen LogP contribution in [0, 0.1) is 17.8 Å². The lowest BCUT2D eigenvalue weighted by Crippen LogP contribution is -2.36. The molecule has 1 aliphatic carbocycles. The van der Waals surface area contributed by atoms with Crippen molar-refractivity contribution in [3.05, 3.63) is 18.2 Å². The SMILES string of the molecule is CC1CCC(C(C)C)C(Oc2cccc(N)n2)C1.